The van der Waals surface area contributed by atoms with Crippen LogP contribution in [-0.2, 0) is 28.4 Å². The Kier molecular flexibility index (Phi) is 9.03. The van der Waals surface area contributed by atoms with Gasteiger partial charge in [-0.15, -0.1) is 13.2 Å². The van der Waals surface area contributed by atoms with Crippen molar-refractivity contribution < 1.29 is 28.4 Å². The van der Waals surface area contributed by atoms with Gasteiger partial charge in [-0.25, -0.2) is 0 Å². The van der Waals surface area contributed by atoms with E-state index >= 15 is 0 Å². The van der Waals surface area contributed by atoms with Crippen LogP contribution in [0.2, 0.25) is 25.7 Å². The Morgan fingerprint density at radius 2 is 1.65 bits per heavy atom. The van der Waals surface area contributed by atoms with E-state index < -0.39 is 26.8 Å². The zero-order valence-corrected chi connectivity index (χ0v) is 19.9. The predicted molar refractivity (Wildman–Crippen MR) is 123 cm³/mol. The van der Waals surface area contributed by atoms with Gasteiger partial charge in [-0.05, 0) is 6.04 Å². The lowest BCUT2D eigenvalue weighted by molar-refractivity contribution is -0.368. The minimum atomic E-state index is -1.24. The molecule has 0 radical (unpaired) electrons. The van der Waals surface area contributed by atoms with Gasteiger partial charge in [0.05, 0.1) is 19.8 Å². The highest BCUT2D eigenvalue weighted by molar-refractivity contribution is 6.76. The largest absolute Gasteiger partial charge is 0.368 e. The second-order valence-electron chi connectivity index (χ2n) is 9.07. The molecule has 2 aliphatic rings. The van der Waals surface area contributed by atoms with Gasteiger partial charge < -0.3 is 28.4 Å². The molecule has 0 N–H and O–H groups in total. The highest BCUT2D eigenvalue weighted by Crippen LogP contribution is 2.36. The SMILES string of the molecule is C=CCO[C@@H]1[C@@H](OCC=C)[C@H](OCC[Si](C)(C)C)O[C@@H]2COC(c3ccccc3)O[C@@H]12. The number of rotatable bonds is 11. The molecule has 6 nitrogen and oxygen atoms in total. The Bertz CT molecular complexity index is 691. The van der Waals surface area contributed by atoms with E-state index in [2.05, 4.69) is 32.8 Å². The van der Waals surface area contributed by atoms with E-state index in [0.717, 1.165) is 11.6 Å². The average molecular weight is 449 g/mol. The number of fused-ring (bicyclic) bond motifs is 1. The van der Waals surface area contributed by atoms with Gasteiger partial charge in [0.2, 0.25) is 0 Å². The molecule has 6 atom stereocenters. The predicted octanol–water partition coefficient (Wildman–Crippen LogP) is 4.32. The molecule has 1 aromatic carbocycles. The minimum Gasteiger partial charge on any atom is -0.368 e. The van der Waals surface area contributed by atoms with E-state index in [1.54, 1.807) is 12.2 Å². The van der Waals surface area contributed by atoms with E-state index in [4.69, 9.17) is 28.4 Å². The van der Waals surface area contributed by atoms with Crippen LogP contribution < -0.4 is 0 Å². The van der Waals surface area contributed by atoms with Crippen molar-refractivity contribution in [1.29, 1.82) is 0 Å². The topological polar surface area (TPSA) is 55.4 Å². The Balaban J connectivity index is 1.78. The molecule has 0 saturated carbocycles. The number of hydrogen-bond acceptors (Lipinski definition) is 6. The first-order valence-corrected chi connectivity index (χ1v) is 14.7. The Morgan fingerprint density at radius 3 is 2.29 bits per heavy atom. The van der Waals surface area contributed by atoms with E-state index in [0.29, 0.717) is 26.4 Å². The molecule has 172 valence electrons. The van der Waals surface area contributed by atoms with Gasteiger partial charge >= 0.3 is 0 Å². The molecular formula is C24H36O6Si. The van der Waals surface area contributed by atoms with Crippen LogP contribution in [0.1, 0.15) is 11.9 Å². The maximum Gasteiger partial charge on any atom is 0.186 e. The van der Waals surface area contributed by atoms with Crippen molar-refractivity contribution in [3.63, 3.8) is 0 Å². The molecule has 0 amide bonds. The van der Waals surface area contributed by atoms with Gasteiger partial charge in [0.15, 0.2) is 12.6 Å². The molecule has 2 heterocycles. The van der Waals surface area contributed by atoms with Gasteiger partial charge in [-0.1, -0.05) is 62.1 Å². The number of ether oxygens (including phenoxy) is 6. The zero-order chi connectivity index (χ0) is 22.3. The standard InChI is InChI=1S/C24H36O6Si/c1-6-13-25-21-20-19(17-28-23(30-20)18-11-9-8-10-12-18)29-24(22(21)26-14-7-2)27-15-16-31(3,4)5/h6-12,19-24H,1-2,13-17H2,3-5H3/t19-,20-,21+,22-,23?,24-/m1/s1. The first-order valence-electron chi connectivity index (χ1n) is 11.0. The molecule has 0 bridgehead atoms. The molecule has 2 saturated heterocycles. The Hall–Kier alpha value is -1.32. The molecule has 1 unspecified atom stereocenters. The van der Waals surface area contributed by atoms with E-state index in [-0.39, 0.29) is 18.3 Å². The highest BCUT2D eigenvalue weighted by atomic mass is 28.3. The molecule has 3 rings (SSSR count). The summed E-state index contributed by atoms with van der Waals surface area (Å²) in [5.41, 5.74) is 0.959. The Morgan fingerprint density at radius 1 is 0.968 bits per heavy atom. The summed E-state index contributed by atoms with van der Waals surface area (Å²) in [5, 5.41) is 0. The Labute approximate surface area is 187 Å². The van der Waals surface area contributed by atoms with E-state index in [1.807, 2.05) is 30.3 Å². The second-order valence-corrected chi connectivity index (χ2v) is 14.7. The summed E-state index contributed by atoms with van der Waals surface area (Å²) in [6.45, 7) is 16.3. The molecular weight excluding hydrogens is 412 g/mol. The summed E-state index contributed by atoms with van der Waals surface area (Å²) in [6.07, 6.45) is 0.898. The fraction of sp³-hybridized carbons (Fsp3) is 0.583. The van der Waals surface area contributed by atoms with E-state index in [1.165, 1.54) is 0 Å². The maximum atomic E-state index is 6.34. The van der Waals surface area contributed by atoms with Crippen molar-refractivity contribution in [2.75, 3.05) is 26.4 Å². The van der Waals surface area contributed by atoms with Gasteiger partial charge in [-0.2, -0.15) is 0 Å². The zero-order valence-electron chi connectivity index (χ0n) is 18.9. The number of hydrogen-bond donors (Lipinski definition) is 0. The third kappa shape index (κ3) is 6.83. The second kappa shape index (κ2) is 11.5. The quantitative estimate of drug-likeness (QED) is 0.371. The van der Waals surface area contributed by atoms with Gasteiger partial charge in [0.25, 0.3) is 0 Å². The molecule has 31 heavy (non-hydrogen) atoms. The molecule has 0 aliphatic carbocycles. The lowest BCUT2D eigenvalue weighted by atomic mass is 9.97. The van der Waals surface area contributed by atoms with Crippen LogP contribution in [0.3, 0.4) is 0 Å². The first kappa shape index (κ1) is 24.3. The van der Waals surface area contributed by atoms with Crippen molar-refractivity contribution in [2.24, 2.45) is 0 Å². The van der Waals surface area contributed by atoms with Crippen LogP contribution in [0.25, 0.3) is 0 Å². The lowest BCUT2D eigenvalue weighted by Crippen LogP contribution is -2.63. The minimum absolute atomic E-state index is 0.310. The smallest absolute Gasteiger partial charge is 0.186 e. The first-order chi connectivity index (χ1) is 14.9. The van der Waals surface area contributed by atoms with Crippen LogP contribution in [-0.4, -0.2) is 65.2 Å². The van der Waals surface area contributed by atoms with Crippen molar-refractivity contribution in [2.45, 2.75) is 62.7 Å². The third-order valence-corrected chi connectivity index (χ3v) is 7.01. The number of benzene rings is 1. The molecule has 2 aliphatic heterocycles. The van der Waals surface area contributed by atoms with Crippen molar-refractivity contribution in [3.8, 4) is 0 Å². The monoisotopic (exact) mass is 448 g/mol. The summed E-state index contributed by atoms with van der Waals surface area (Å²) < 4.78 is 37.0. The highest BCUT2D eigenvalue weighted by Gasteiger charge is 2.51. The normalized spacial score (nSPS) is 31.1. The molecule has 0 spiro atoms. The van der Waals surface area contributed by atoms with Gasteiger partial charge in [-0.3, -0.25) is 0 Å². The summed E-state index contributed by atoms with van der Waals surface area (Å²) in [6, 6.07) is 10.9. The van der Waals surface area contributed by atoms with Crippen molar-refractivity contribution >= 4 is 8.07 Å². The van der Waals surface area contributed by atoms with Crippen LogP contribution in [0, 0.1) is 0 Å². The fourth-order valence-electron chi connectivity index (χ4n) is 3.67. The molecule has 7 heteroatoms. The van der Waals surface area contributed by atoms with Crippen LogP contribution >= 0.6 is 0 Å². The summed E-state index contributed by atoms with van der Waals surface area (Å²) in [5.74, 6) is 0. The van der Waals surface area contributed by atoms with Crippen LogP contribution in [0.15, 0.2) is 55.6 Å². The van der Waals surface area contributed by atoms with Crippen molar-refractivity contribution in [1.82, 2.24) is 0 Å². The fourth-order valence-corrected chi connectivity index (χ4v) is 4.40. The van der Waals surface area contributed by atoms with Gasteiger partial charge in [0.1, 0.15) is 24.4 Å². The van der Waals surface area contributed by atoms with Gasteiger partial charge in [0, 0.05) is 20.2 Å². The third-order valence-electron chi connectivity index (χ3n) is 5.30. The van der Waals surface area contributed by atoms with Crippen molar-refractivity contribution in [3.05, 3.63) is 61.2 Å². The molecule has 0 aromatic heterocycles. The van der Waals surface area contributed by atoms with Crippen LogP contribution in [0.5, 0.6) is 0 Å². The summed E-state index contributed by atoms with van der Waals surface area (Å²) in [7, 11) is -1.24. The van der Waals surface area contributed by atoms with Crippen LogP contribution in [0.4, 0.5) is 0 Å². The summed E-state index contributed by atoms with van der Waals surface area (Å²) in [4.78, 5) is 0. The molecule has 2 fully saturated rings. The maximum absolute atomic E-state index is 6.34. The summed E-state index contributed by atoms with van der Waals surface area (Å²) >= 11 is 0. The van der Waals surface area contributed by atoms with E-state index in [9.17, 15) is 0 Å². The average Bonchev–Trinajstić information content (AvgIpc) is 2.76. The molecule has 1 aromatic rings. The lowest BCUT2D eigenvalue weighted by Gasteiger charge is -2.48.